The van der Waals surface area contributed by atoms with E-state index in [0.717, 1.165) is 11.3 Å². The summed E-state index contributed by atoms with van der Waals surface area (Å²) in [6, 6.07) is 8.08. The Morgan fingerprint density at radius 2 is 1.11 bits per heavy atom. The number of hydrogen-bond donors (Lipinski definition) is 0. The lowest BCUT2D eigenvalue weighted by Gasteiger charge is -2.42. The second kappa shape index (κ2) is 12.0. The molecule has 1 heterocycles. The molecule has 1 aromatic heterocycles. The van der Waals surface area contributed by atoms with Crippen LogP contribution >= 0.6 is 11.3 Å². The smallest absolute Gasteiger partial charge is 0.460 e. The van der Waals surface area contributed by atoms with Crippen molar-refractivity contribution in [1.29, 1.82) is 0 Å². The molecule has 0 aliphatic heterocycles. The van der Waals surface area contributed by atoms with Gasteiger partial charge in [0.05, 0.1) is 6.61 Å². The van der Waals surface area contributed by atoms with Gasteiger partial charge in [-0.1, -0.05) is 51.1 Å². The Morgan fingerprint density at radius 3 is 1.54 bits per heavy atom. The molecule has 0 saturated heterocycles. The third kappa shape index (κ3) is 6.35. The summed E-state index contributed by atoms with van der Waals surface area (Å²) in [5.74, 6) is -58.2. The van der Waals surface area contributed by atoms with Crippen LogP contribution in [-0.2, 0) is 10.2 Å². The maximum absolute atomic E-state index is 14.1. The van der Waals surface area contributed by atoms with Gasteiger partial charge in [0, 0.05) is 16.9 Å². The average molecular weight is 721 g/mol. The summed E-state index contributed by atoms with van der Waals surface area (Å²) >= 11 is 0.997. The van der Waals surface area contributed by atoms with Gasteiger partial charge in [0.1, 0.15) is 5.01 Å². The fourth-order valence-corrected chi connectivity index (χ4v) is 4.67. The highest BCUT2D eigenvalue weighted by molar-refractivity contribution is 7.15. The molecule has 0 N–H and O–H groups in total. The minimum Gasteiger partial charge on any atom is -0.461 e. The third-order valence-electron chi connectivity index (χ3n) is 6.18. The van der Waals surface area contributed by atoms with E-state index in [2.05, 4.69) is 9.72 Å². The molecule has 0 amide bonds. The summed E-state index contributed by atoms with van der Waals surface area (Å²) in [7, 11) is 0. The molecule has 0 aliphatic rings. The fourth-order valence-electron chi connectivity index (χ4n) is 3.55. The molecule has 0 fully saturated rings. The van der Waals surface area contributed by atoms with E-state index in [1.165, 1.54) is 0 Å². The number of carbonyl (C=O) groups is 1. The second-order valence-electron chi connectivity index (χ2n) is 10.7. The van der Waals surface area contributed by atoms with Crippen molar-refractivity contribution < 1.29 is 84.2 Å². The summed E-state index contributed by atoms with van der Waals surface area (Å²) in [5, 5.41) is 0.266. The highest BCUT2D eigenvalue weighted by atomic mass is 32.1. The highest BCUT2D eigenvalue weighted by Gasteiger charge is 2.95. The average Bonchev–Trinajstić information content (AvgIpc) is 3.37. The number of rotatable bonds is 12. The number of alkyl halides is 17. The first-order valence-electron chi connectivity index (χ1n) is 12.3. The molecular formula is C25H20F17NO2S. The Bertz CT molecular complexity index is 1380. The fraction of sp³-hybridized carbons (Fsp3) is 0.600. The van der Waals surface area contributed by atoms with Crippen molar-refractivity contribution in [2.45, 2.75) is 86.7 Å². The van der Waals surface area contributed by atoms with Crippen molar-refractivity contribution in [3.05, 3.63) is 40.9 Å². The van der Waals surface area contributed by atoms with Crippen LogP contribution in [0.2, 0.25) is 0 Å². The van der Waals surface area contributed by atoms with Crippen LogP contribution in [0.3, 0.4) is 0 Å². The van der Waals surface area contributed by atoms with E-state index in [-0.39, 0.29) is 9.88 Å². The molecule has 0 spiro atoms. The zero-order valence-electron chi connectivity index (χ0n) is 23.1. The van der Waals surface area contributed by atoms with Gasteiger partial charge in [-0.15, -0.1) is 11.3 Å². The first kappa shape index (κ1) is 39.3. The first-order chi connectivity index (χ1) is 20.3. The number of nitrogens with zero attached hydrogens (tertiary/aromatic N) is 1. The molecule has 0 radical (unpaired) electrons. The van der Waals surface area contributed by atoms with Gasteiger partial charge in [0.2, 0.25) is 0 Å². The van der Waals surface area contributed by atoms with Crippen LogP contribution in [0.5, 0.6) is 0 Å². The highest BCUT2D eigenvalue weighted by Crippen LogP contribution is 2.64. The number of hydrogen-bond acceptors (Lipinski definition) is 4. The van der Waals surface area contributed by atoms with E-state index in [9.17, 15) is 79.4 Å². The molecule has 0 aliphatic carbocycles. The number of halogens is 17. The number of aromatic nitrogens is 1. The summed E-state index contributed by atoms with van der Waals surface area (Å²) in [6.07, 6.45) is -12.1. The van der Waals surface area contributed by atoms with Crippen LogP contribution in [0.1, 0.15) is 49.0 Å². The number of ether oxygens (including phenoxy) is 1. The SMILES string of the molecule is CC(C)(C)c1sc(-c2ccccc2)nc1C(=O)OCCCC(F)(F)C(F)(F)C(F)(F)C(F)(F)C(F)(F)C(F)(F)C(F)(F)C(F)(F)F. The molecule has 0 atom stereocenters. The van der Waals surface area contributed by atoms with Gasteiger partial charge >= 0.3 is 53.6 Å². The first-order valence-corrected chi connectivity index (χ1v) is 13.1. The maximum atomic E-state index is 14.1. The number of esters is 1. The molecule has 0 bridgehead atoms. The summed E-state index contributed by atoms with van der Waals surface area (Å²) in [5.41, 5.74) is -0.672. The van der Waals surface area contributed by atoms with Gasteiger partial charge in [-0.2, -0.15) is 74.6 Å². The molecule has 2 rings (SSSR count). The van der Waals surface area contributed by atoms with Crippen LogP contribution in [0, 0.1) is 0 Å². The molecular weight excluding hydrogens is 701 g/mol. The van der Waals surface area contributed by atoms with Crippen molar-refractivity contribution in [3.63, 3.8) is 0 Å². The van der Waals surface area contributed by atoms with Crippen molar-refractivity contribution in [3.8, 4) is 10.6 Å². The van der Waals surface area contributed by atoms with Gasteiger partial charge in [0.15, 0.2) is 5.69 Å². The number of benzene rings is 1. The van der Waals surface area contributed by atoms with Crippen molar-refractivity contribution in [2.75, 3.05) is 6.61 Å². The molecule has 262 valence electrons. The molecule has 46 heavy (non-hydrogen) atoms. The number of carbonyl (C=O) groups excluding carboxylic acids is 1. The van der Waals surface area contributed by atoms with E-state index in [0.29, 0.717) is 5.56 Å². The number of thiazole rings is 1. The molecule has 2 aromatic rings. The van der Waals surface area contributed by atoms with E-state index in [1.54, 1.807) is 51.1 Å². The zero-order valence-corrected chi connectivity index (χ0v) is 23.9. The van der Waals surface area contributed by atoms with Crippen LogP contribution in [-0.4, -0.2) is 65.2 Å². The Hall–Kier alpha value is -2.87. The lowest BCUT2D eigenvalue weighted by Crippen LogP contribution is -2.74. The lowest BCUT2D eigenvalue weighted by atomic mass is 9.88. The molecule has 21 heteroatoms. The topological polar surface area (TPSA) is 39.2 Å². The van der Waals surface area contributed by atoms with Crippen molar-refractivity contribution >= 4 is 17.3 Å². The molecule has 0 unspecified atom stereocenters. The lowest BCUT2D eigenvalue weighted by molar-refractivity contribution is -0.461. The van der Waals surface area contributed by atoms with Crippen LogP contribution < -0.4 is 0 Å². The third-order valence-corrected chi connectivity index (χ3v) is 7.71. The van der Waals surface area contributed by atoms with Crippen LogP contribution in [0.15, 0.2) is 30.3 Å². The van der Waals surface area contributed by atoms with Gasteiger partial charge in [-0.25, -0.2) is 9.78 Å². The quantitative estimate of drug-likeness (QED) is 0.125. The van der Waals surface area contributed by atoms with Crippen LogP contribution in [0.4, 0.5) is 74.6 Å². The Balaban J connectivity index is 2.28. The Morgan fingerprint density at radius 1 is 0.674 bits per heavy atom. The summed E-state index contributed by atoms with van der Waals surface area (Å²) in [6.45, 7) is 3.51. The Labute approximate surface area is 251 Å². The zero-order chi connectivity index (χ0) is 36.2. The standard InChI is InChI=1S/C25H20F17NO2S/c1-17(2,3)14-13(43-15(46-14)12-8-5-4-6-9-12)16(44)45-11-7-10-18(26,27)19(28,29)20(30,31)21(32,33)22(34,35)23(36,37)24(38,39)25(40,41)42/h4-6,8-9H,7,10-11H2,1-3H3. The molecule has 0 saturated carbocycles. The predicted octanol–water partition coefficient (Wildman–Crippen LogP) is 10.1. The summed E-state index contributed by atoms with van der Waals surface area (Å²) in [4.78, 5) is 16.9. The maximum Gasteiger partial charge on any atom is 0.460 e. The van der Waals surface area contributed by atoms with Crippen LogP contribution in [0.25, 0.3) is 10.6 Å². The monoisotopic (exact) mass is 721 g/mol. The van der Waals surface area contributed by atoms with E-state index in [1.807, 2.05) is 0 Å². The minimum atomic E-state index is -8.69. The summed E-state index contributed by atoms with van der Waals surface area (Å²) < 4.78 is 233. The van der Waals surface area contributed by atoms with Crippen molar-refractivity contribution in [2.24, 2.45) is 0 Å². The predicted molar refractivity (Wildman–Crippen MR) is 126 cm³/mol. The Kier molecular flexibility index (Phi) is 10.2. The van der Waals surface area contributed by atoms with Gasteiger partial charge in [0.25, 0.3) is 0 Å². The van der Waals surface area contributed by atoms with Gasteiger partial charge in [-0.3, -0.25) is 0 Å². The van der Waals surface area contributed by atoms with Crippen molar-refractivity contribution in [1.82, 2.24) is 4.98 Å². The van der Waals surface area contributed by atoms with E-state index in [4.69, 9.17) is 0 Å². The molecule has 1 aromatic carbocycles. The van der Waals surface area contributed by atoms with E-state index < -0.39 is 84.2 Å². The minimum absolute atomic E-state index is 0.266. The largest absolute Gasteiger partial charge is 0.461 e. The normalized spacial score (nSPS) is 14.9. The molecule has 3 nitrogen and oxygen atoms in total. The van der Waals surface area contributed by atoms with E-state index >= 15 is 0 Å². The second-order valence-corrected chi connectivity index (χ2v) is 11.7. The van der Waals surface area contributed by atoms with Gasteiger partial charge < -0.3 is 4.74 Å². The van der Waals surface area contributed by atoms with Gasteiger partial charge in [-0.05, 0) is 11.8 Å².